The first-order valence-corrected chi connectivity index (χ1v) is 7.04. The number of anilines is 1. The molecule has 2 aromatic heterocycles. The van der Waals surface area contributed by atoms with Gasteiger partial charge in [-0.05, 0) is 25.0 Å². The first-order valence-electron chi connectivity index (χ1n) is 7.04. The van der Waals surface area contributed by atoms with Crippen LogP contribution in [-0.2, 0) is 0 Å². The molecule has 21 heavy (non-hydrogen) atoms. The molecule has 0 atom stereocenters. The van der Waals surface area contributed by atoms with E-state index in [1.54, 1.807) is 12.5 Å². The van der Waals surface area contributed by atoms with Gasteiger partial charge in [-0.25, -0.2) is 14.6 Å². The van der Waals surface area contributed by atoms with Gasteiger partial charge in [-0.1, -0.05) is 18.2 Å². The number of nitrogens with one attached hydrogen (secondary N) is 1. The first-order chi connectivity index (χ1) is 10.3. The number of nitrogens with two attached hydrogens (primary N) is 1. The van der Waals surface area contributed by atoms with E-state index in [9.17, 15) is 0 Å². The van der Waals surface area contributed by atoms with Crippen molar-refractivity contribution in [2.24, 2.45) is 5.73 Å². The Labute approximate surface area is 122 Å². The molecule has 1 aliphatic carbocycles. The maximum absolute atomic E-state index is 5.83. The fourth-order valence-electron chi connectivity index (χ4n) is 2.48. The molecule has 0 aliphatic heterocycles. The Morgan fingerprint density at radius 1 is 1.19 bits per heavy atom. The lowest BCUT2D eigenvalue weighted by Gasteiger charge is -2.15. The molecule has 1 aliphatic rings. The molecule has 0 spiro atoms. The Bertz CT molecular complexity index is 775. The third-order valence-corrected chi connectivity index (χ3v) is 3.99. The molecule has 1 fully saturated rings. The van der Waals surface area contributed by atoms with Crippen LogP contribution in [0.3, 0.4) is 0 Å². The van der Waals surface area contributed by atoms with Crippen molar-refractivity contribution in [2.75, 3.05) is 11.9 Å². The van der Waals surface area contributed by atoms with E-state index < -0.39 is 0 Å². The molecule has 2 heterocycles. The Morgan fingerprint density at radius 3 is 2.71 bits per heavy atom. The van der Waals surface area contributed by atoms with E-state index in [0.29, 0.717) is 6.54 Å². The van der Waals surface area contributed by atoms with Crippen molar-refractivity contribution < 1.29 is 0 Å². The maximum atomic E-state index is 5.83. The minimum atomic E-state index is 0.0100. The highest BCUT2D eigenvalue weighted by molar-refractivity contribution is 5.87. The zero-order chi connectivity index (χ0) is 14.3. The Kier molecular flexibility index (Phi) is 2.65. The minimum absolute atomic E-state index is 0.0100. The number of para-hydroxylation sites is 1. The second-order valence-electron chi connectivity index (χ2n) is 5.46. The second-order valence-corrected chi connectivity index (χ2v) is 5.46. The molecule has 6 nitrogen and oxygen atoms in total. The van der Waals surface area contributed by atoms with E-state index in [0.717, 1.165) is 35.4 Å². The van der Waals surface area contributed by atoms with Crippen LogP contribution >= 0.6 is 0 Å². The second kappa shape index (κ2) is 4.53. The number of nitrogens with zero attached hydrogens (tertiary/aromatic N) is 4. The SMILES string of the molecule is NCC1(Nc2ncnc3c2cnn3-c2ccccc2)CC1. The zero-order valence-corrected chi connectivity index (χ0v) is 11.5. The summed E-state index contributed by atoms with van der Waals surface area (Å²) in [4.78, 5) is 8.73. The fourth-order valence-corrected chi connectivity index (χ4v) is 2.48. The summed E-state index contributed by atoms with van der Waals surface area (Å²) < 4.78 is 1.82. The van der Waals surface area contributed by atoms with E-state index in [1.807, 2.05) is 35.0 Å². The highest BCUT2D eigenvalue weighted by Gasteiger charge is 2.41. The lowest BCUT2D eigenvalue weighted by atomic mass is 10.2. The van der Waals surface area contributed by atoms with Crippen LogP contribution in [0.2, 0.25) is 0 Å². The molecule has 1 aromatic carbocycles. The summed E-state index contributed by atoms with van der Waals surface area (Å²) >= 11 is 0. The number of benzene rings is 1. The predicted octanol–water partition coefficient (Wildman–Crippen LogP) is 1.72. The van der Waals surface area contributed by atoms with Crippen LogP contribution in [0.4, 0.5) is 5.82 Å². The highest BCUT2D eigenvalue weighted by atomic mass is 15.3. The molecule has 3 N–H and O–H groups in total. The normalized spacial score (nSPS) is 16.0. The van der Waals surface area contributed by atoms with Gasteiger partial charge in [0.25, 0.3) is 0 Å². The summed E-state index contributed by atoms with van der Waals surface area (Å²) in [7, 11) is 0. The van der Waals surface area contributed by atoms with Crippen LogP contribution < -0.4 is 11.1 Å². The minimum Gasteiger partial charge on any atom is -0.363 e. The maximum Gasteiger partial charge on any atom is 0.168 e. The van der Waals surface area contributed by atoms with Crippen LogP contribution in [0.25, 0.3) is 16.7 Å². The van der Waals surface area contributed by atoms with Crippen LogP contribution in [-0.4, -0.2) is 31.8 Å². The van der Waals surface area contributed by atoms with Crippen LogP contribution in [0, 0.1) is 0 Å². The summed E-state index contributed by atoms with van der Waals surface area (Å²) in [6, 6.07) is 9.96. The number of rotatable bonds is 4. The molecular weight excluding hydrogens is 264 g/mol. The Hall–Kier alpha value is -2.47. The van der Waals surface area contributed by atoms with Crippen LogP contribution in [0.5, 0.6) is 0 Å². The Balaban J connectivity index is 1.80. The van der Waals surface area contributed by atoms with E-state index in [4.69, 9.17) is 5.73 Å². The lowest BCUT2D eigenvalue weighted by Crippen LogP contribution is -2.31. The summed E-state index contributed by atoms with van der Waals surface area (Å²) in [5.74, 6) is 0.810. The average molecular weight is 280 g/mol. The lowest BCUT2D eigenvalue weighted by molar-refractivity contribution is 0.738. The van der Waals surface area contributed by atoms with E-state index in [-0.39, 0.29) is 5.54 Å². The summed E-state index contributed by atoms with van der Waals surface area (Å²) in [6.45, 7) is 0.616. The number of hydrogen-bond donors (Lipinski definition) is 2. The monoisotopic (exact) mass is 280 g/mol. The van der Waals surface area contributed by atoms with Crippen molar-refractivity contribution in [2.45, 2.75) is 18.4 Å². The molecule has 1 saturated carbocycles. The van der Waals surface area contributed by atoms with Crippen molar-refractivity contribution in [1.82, 2.24) is 19.7 Å². The molecule has 0 radical (unpaired) electrons. The highest BCUT2D eigenvalue weighted by Crippen LogP contribution is 2.38. The molecule has 0 amide bonds. The fraction of sp³-hybridized carbons (Fsp3) is 0.267. The summed E-state index contributed by atoms with van der Waals surface area (Å²) in [6.07, 6.45) is 5.54. The van der Waals surface area contributed by atoms with Gasteiger partial charge in [-0.15, -0.1) is 0 Å². The quantitative estimate of drug-likeness (QED) is 0.760. The molecule has 0 bridgehead atoms. The van der Waals surface area contributed by atoms with Gasteiger partial charge in [-0.3, -0.25) is 0 Å². The molecule has 106 valence electrons. The van der Waals surface area contributed by atoms with E-state index >= 15 is 0 Å². The van der Waals surface area contributed by atoms with Gasteiger partial charge in [-0.2, -0.15) is 5.10 Å². The summed E-state index contributed by atoms with van der Waals surface area (Å²) in [5, 5.41) is 8.82. The third kappa shape index (κ3) is 2.04. The van der Waals surface area contributed by atoms with Crippen LogP contribution in [0.1, 0.15) is 12.8 Å². The molecule has 6 heteroatoms. The van der Waals surface area contributed by atoms with Gasteiger partial charge in [0.15, 0.2) is 5.65 Å². The molecule has 4 rings (SSSR count). The standard InChI is InChI=1S/C15H16N6/c16-9-15(6-7-15)20-13-12-8-19-21(14(12)18-10-17-13)11-4-2-1-3-5-11/h1-5,8,10H,6-7,9,16H2,(H,17,18,20). The molecule has 0 saturated heterocycles. The Morgan fingerprint density at radius 2 is 2.00 bits per heavy atom. The number of fused-ring (bicyclic) bond motifs is 1. The first kappa shape index (κ1) is 12.3. The summed E-state index contributed by atoms with van der Waals surface area (Å²) in [5.41, 5.74) is 7.62. The smallest absolute Gasteiger partial charge is 0.168 e. The van der Waals surface area contributed by atoms with Crippen molar-refractivity contribution in [3.8, 4) is 5.69 Å². The molecule has 3 aromatic rings. The zero-order valence-electron chi connectivity index (χ0n) is 11.5. The predicted molar refractivity (Wildman–Crippen MR) is 81.3 cm³/mol. The van der Waals surface area contributed by atoms with Crippen molar-refractivity contribution in [1.29, 1.82) is 0 Å². The van der Waals surface area contributed by atoms with Gasteiger partial charge in [0, 0.05) is 6.54 Å². The van der Waals surface area contributed by atoms with Gasteiger partial charge in [0.05, 0.1) is 22.8 Å². The van der Waals surface area contributed by atoms with Gasteiger partial charge in [0.1, 0.15) is 12.1 Å². The van der Waals surface area contributed by atoms with Gasteiger partial charge in [0.2, 0.25) is 0 Å². The molecule has 0 unspecified atom stereocenters. The van der Waals surface area contributed by atoms with Gasteiger partial charge >= 0.3 is 0 Å². The van der Waals surface area contributed by atoms with E-state index in [2.05, 4.69) is 20.4 Å². The van der Waals surface area contributed by atoms with Gasteiger partial charge < -0.3 is 11.1 Å². The number of hydrogen-bond acceptors (Lipinski definition) is 5. The molecular formula is C15H16N6. The van der Waals surface area contributed by atoms with Crippen molar-refractivity contribution >= 4 is 16.9 Å². The van der Waals surface area contributed by atoms with Crippen molar-refractivity contribution in [3.05, 3.63) is 42.9 Å². The topological polar surface area (TPSA) is 81.7 Å². The third-order valence-electron chi connectivity index (χ3n) is 3.99. The van der Waals surface area contributed by atoms with Crippen molar-refractivity contribution in [3.63, 3.8) is 0 Å². The van der Waals surface area contributed by atoms with E-state index in [1.165, 1.54) is 0 Å². The number of aromatic nitrogens is 4. The average Bonchev–Trinajstić information content (AvgIpc) is 3.17. The van der Waals surface area contributed by atoms with Crippen LogP contribution in [0.15, 0.2) is 42.9 Å². The largest absolute Gasteiger partial charge is 0.363 e.